The lowest BCUT2D eigenvalue weighted by Crippen LogP contribution is -1.85. The van der Waals surface area contributed by atoms with E-state index in [1.807, 2.05) is 13.0 Å². The summed E-state index contributed by atoms with van der Waals surface area (Å²) in [6.45, 7) is 10.1. The first-order valence-electron chi connectivity index (χ1n) is 5.95. The first kappa shape index (κ1) is 11.7. The van der Waals surface area contributed by atoms with Crippen molar-refractivity contribution in [2.45, 2.75) is 26.7 Å². The van der Waals surface area contributed by atoms with Crippen LogP contribution < -0.4 is 0 Å². The van der Waals surface area contributed by atoms with Crippen LogP contribution in [0.2, 0.25) is 0 Å². The van der Waals surface area contributed by atoms with Gasteiger partial charge < -0.3 is 4.42 Å². The second kappa shape index (κ2) is 4.62. The normalized spacial score (nSPS) is 11.8. The first-order valence-corrected chi connectivity index (χ1v) is 5.95. The van der Waals surface area contributed by atoms with Crippen LogP contribution in [0.1, 0.15) is 36.7 Å². The van der Waals surface area contributed by atoms with E-state index in [9.17, 15) is 0 Å². The van der Waals surface area contributed by atoms with Crippen molar-refractivity contribution in [3.8, 4) is 0 Å². The summed E-state index contributed by atoms with van der Waals surface area (Å²) in [5, 5.41) is 1.19. The van der Waals surface area contributed by atoms with Gasteiger partial charge in [0, 0.05) is 10.9 Å². The molecule has 0 atom stereocenters. The zero-order valence-electron chi connectivity index (χ0n) is 10.7. The van der Waals surface area contributed by atoms with E-state index in [-0.39, 0.29) is 0 Å². The molecule has 0 unspecified atom stereocenters. The zero-order valence-corrected chi connectivity index (χ0v) is 10.7. The Hall–Kier alpha value is -1.76. The van der Waals surface area contributed by atoms with Crippen molar-refractivity contribution in [3.63, 3.8) is 0 Å². The molecule has 1 aromatic heterocycles. The predicted octanol–water partition coefficient (Wildman–Crippen LogP) is 5.06. The minimum Gasteiger partial charge on any atom is -0.461 e. The number of hydrogen-bond acceptors (Lipinski definition) is 1. The molecule has 1 nitrogen and oxygen atoms in total. The highest BCUT2D eigenvalue weighted by Crippen LogP contribution is 2.29. The number of fused-ring (bicyclic) bond motifs is 1. The van der Waals surface area contributed by atoms with Crippen LogP contribution in [0.5, 0.6) is 0 Å². The third kappa shape index (κ3) is 2.19. The molecule has 1 heteroatoms. The predicted molar refractivity (Wildman–Crippen MR) is 74.3 cm³/mol. The molecule has 0 aliphatic carbocycles. The number of hydrogen-bond donors (Lipinski definition) is 0. The molecule has 1 aromatic carbocycles. The molecule has 88 valence electrons. The molecule has 0 aliphatic heterocycles. The second-order valence-electron chi connectivity index (χ2n) is 4.58. The van der Waals surface area contributed by atoms with Gasteiger partial charge in [0.05, 0.1) is 0 Å². The highest BCUT2D eigenvalue weighted by molar-refractivity contribution is 5.89. The van der Waals surface area contributed by atoms with Crippen LogP contribution in [0.4, 0.5) is 0 Å². The van der Waals surface area contributed by atoms with Gasteiger partial charge in [0.15, 0.2) is 0 Å². The third-order valence-electron chi connectivity index (χ3n) is 3.00. The molecular weight excluding hydrogens is 208 g/mol. The van der Waals surface area contributed by atoms with Crippen molar-refractivity contribution in [2.24, 2.45) is 0 Å². The van der Waals surface area contributed by atoms with Gasteiger partial charge in [0.25, 0.3) is 0 Å². The van der Waals surface area contributed by atoms with Gasteiger partial charge in [-0.15, -0.1) is 0 Å². The molecule has 0 bridgehead atoms. The average molecular weight is 226 g/mol. The van der Waals surface area contributed by atoms with Gasteiger partial charge in [-0.25, -0.2) is 0 Å². The summed E-state index contributed by atoms with van der Waals surface area (Å²) in [5.74, 6) is 1.49. The molecule has 2 rings (SSSR count). The minimum atomic E-state index is 0.533. The van der Waals surface area contributed by atoms with Crippen molar-refractivity contribution in [1.29, 1.82) is 0 Å². The summed E-state index contributed by atoms with van der Waals surface area (Å²) in [6, 6.07) is 6.42. The number of allylic oxidation sites excluding steroid dienone is 2. The molecule has 0 saturated carbocycles. The van der Waals surface area contributed by atoms with Gasteiger partial charge in [0.2, 0.25) is 0 Å². The summed E-state index contributed by atoms with van der Waals surface area (Å²) >= 11 is 0. The summed E-state index contributed by atoms with van der Waals surface area (Å²) in [5.41, 5.74) is 3.45. The highest BCUT2D eigenvalue weighted by atomic mass is 16.3. The maximum Gasteiger partial charge on any atom is 0.134 e. The van der Waals surface area contributed by atoms with E-state index in [4.69, 9.17) is 4.42 Å². The molecule has 0 aliphatic rings. The van der Waals surface area contributed by atoms with E-state index in [1.165, 1.54) is 10.9 Å². The number of aryl methyl sites for hydroxylation is 1. The summed E-state index contributed by atoms with van der Waals surface area (Å²) in [7, 11) is 0. The van der Waals surface area contributed by atoms with Gasteiger partial charge in [0.1, 0.15) is 11.3 Å². The monoisotopic (exact) mass is 226 g/mol. The van der Waals surface area contributed by atoms with E-state index < -0.39 is 0 Å². The van der Waals surface area contributed by atoms with Crippen molar-refractivity contribution in [1.82, 2.24) is 0 Å². The van der Waals surface area contributed by atoms with Crippen LogP contribution in [-0.4, -0.2) is 0 Å². The third-order valence-corrected chi connectivity index (χ3v) is 3.00. The average Bonchev–Trinajstić information content (AvgIpc) is 2.61. The van der Waals surface area contributed by atoms with Crippen LogP contribution in [0.15, 0.2) is 41.3 Å². The maximum absolute atomic E-state index is 5.75. The first-order chi connectivity index (χ1) is 8.13. The molecule has 0 N–H and O–H groups in total. The van der Waals surface area contributed by atoms with Crippen molar-refractivity contribution in [2.75, 3.05) is 0 Å². The van der Waals surface area contributed by atoms with Crippen molar-refractivity contribution < 1.29 is 4.42 Å². The SMILES string of the molecule is C=C/C=C\c1c(C)oc2ccc(C(C)C)cc12. The van der Waals surface area contributed by atoms with E-state index in [1.54, 1.807) is 6.08 Å². The number of rotatable bonds is 3. The Bertz CT molecular complexity index is 570. The van der Waals surface area contributed by atoms with Crippen molar-refractivity contribution in [3.05, 3.63) is 53.8 Å². The van der Waals surface area contributed by atoms with Gasteiger partial charge in [-0.2, -0.15) is 0 Å². The zero-order chi connectivity index (χ0) is 12.4. The van der Waals surface area contributed by atoms with Crippen LogP contribution in [0, 0.1) is 6.92 Å². The molecule has 0 saturated heterocycles. The lowest BCUT2D eigenvalue weighted by atomic mass is 10.00. The van der Waals surface area contributed by atoms with Gasteiger partial charge >= 0.3 is 0 Å². The number of benzene rings is 1. The molecule has 17 heavy (non-hydrogen) atoms. The largest absolute Gasteiger partial charge is 0.461 e. The Kier molecular flexibility index (Phi) is 3.19. The van der Waals surface area contributed by atoms with Gasteiger partial charge in [-0.3, -0.25) is 0 Å². The molecule has 2 aromatic rings. The quantitative estimate of drug-likeness (QED) is 0.666. The highest BCUT2D eigenvalue weighted by Gasteiger charge is 2.09. The molecule has 0 amide bonds. The fraction of sp³-hybridized carbons (Fsp3) is 0.250. The van der Waals surface area contributed by atoms with Crippen LogP contribution >= 0.6 is 0 Å². The van der Waals surface area contributed by atoms with E-state index >= 15 is 0 Å². The Morgan fingerprint density at radius 2 is 2.06 bits per heavy atom. The fourth-order valence-corrected chi connectivity index (χ4v) is 1.99. The summed E-state index contributed by atoms with van der Waals surface area (Å²) in [4.78, 5) is 0. The summed E-state index contributed by atoms with van der Waals surface area (Å²) in [6.07, 6.45) is 5.78. The molecule has 0 spiro atoms. The Morgan fingerprint density at radius 3 is 2.71 bits per heavy atom. The Balaban J connectivity index is 2.64. The molecular formula is C16H18O. The second-order valence-corrected chi connectivity index (χ2v) is 4.58. The van der Waals surface area contributed by atoms with Crippen LogP contribution in [0.25, 0.3) is 17.0 Å². The molecule has 0 fully saturated rings. The lowest BCUT2D eigenvalue weighted by Gasteiger charge is -2.04. The van der Waals surface area contributed by atoms with E-state index in [2.05, 4.69) is 44.7 Å². The maximum atomic E-state index is 5.75. The van der Waals surface area contributed by atoms with Gasteiger partial charge in [-0.1, -0.05) is 44.7 Å². The fourth-order valence-electron chi connectivity index (χ4n) is 1.99. The smallest absolute Gasteiger partial charge is 0.134 e. The van der Waals surface area contributed by atoms with E-state index in [0.717, 1.165) is 16.9 Å². The summed E-state index contributed by atoms with van der Waals surface area (Å²) < 4.78 is 5.75. The Morgan fingerprint density at radius 1 is 1.29 bits per heavy atom. The Labute approximate surface area is 102 Å². The van der Waals surface area contributed by atoms with Crippen molar-refractivity contribution >= 4 is 17.0 Å². The van der Waals surface area contributed by atoms with Gasteiger partial charge in [-0.05, 0) is 30.5 Å². The number of furan rings is 1. The van der Waals surface area contributed by atoms with Crippen LogP contribution in [-0.2, 0) is 0 Å². The lowest BCUT2D eigenvalue weighted by molar-refractivity contribution is 0.577. The molecule has 0 radical (unpaired) electrons. The van der Waals surface area contributed by atoms with Crippen LogP contribution in [0.3, 0.4) is 0 Å². The minimum absolute atomic E-state index is 0.533. The standard InChI is InChI=1S/C16H18O/c1-5-6-7-14-12(4)17-16-9-8-13(11(2)3)10-15(14)16/h5-11H,1H2,2-4H3/b7-6-. The molecule has 1 heterocycles. The van der Waals surface area contributed by atoms with E-state index in [0.29, 0.717) is 5.92 Å². The topological polar surface area (TPSA) is 13.1 Å².